The number of aldehydes is 1. The number of hydrogen-bond acceptors (Lipinski definition) is 3. The Balaban J connectivity index is 2.34. The van der Waals surface area contributed by atoms with Gasteiger partial charge in [-0.15, -0.1) is 0 Å². The van der Waals surface area contributed by atoms with E-state index >= 15 is 0 Å². The van der Waals surface area contributed by atoms with E-state index in [2.05, 4.69) is 4.72 Å². The van der Waals surface area contributed by atoms with Crippen molar-refractivity contribution in [2.24, 2.45) is 0 Å². The molecule has 1 rings (SSSR count). The van der Waals surface area contributed by atoms with Crippen molar-refractivity contribution in [3.8, 4) is 0 Å². The number of carbonyl (C=O) groups excluding carboxylic acids is 1. The summed E-state index contributed by atoms with van der Waals surface area (Å²) < 4.78 is 26.0. The van der Waals surface area contributed by atoms with E-state index in [4.69, 9.17) is 0 Å². The van der Waals surface area contributed by atoms with Gasteiger partial charge in [-0.25, -0.2) is 13.1 Å². The molecule has 4 nitrogen and oxygen atoms in total. The van der Waals surface area contributed by atoms with E-state index in [9.17, 15) is 13.2 Å². The first-order valence-corrected chi connectivity index (χ1v) is 7.13. The lowest BCUT2D eigenvalue weighted by molar-refractivity contribution is -0.107. The van der Waals surface area contributed by atoms with Crippen molar-refractivity contribution in [1.29, 1.82) is 0 Å². The van der Waals surface area contributed by atoms with Crippen LogP contribution in [0.2, 0.25) is 0 Å². The SMILES string of the molecule is O=CCCCCCNS(=O)(=O)c1ccccc1. The van der Waals surface area contributed by atoms with E-state index in [1.807, 2.05) is 0 Å². The summed E-state index contributed by atoms with van der Waals surface area (Å²) in [6, 6.07) is 8.29. The molecule has 0 heterocycles. The molecule has 0 fully saturated rings. The first-order chi connectivity index (χ1) is 8.17. The normalized spacial score (nSPS) is 11.3. The van der Waals surface area contributed by atoms with Gasteiger partial charge in [0.15, 0.2) is 0 Å². The zero-order valence-electron chi connectivity index (χ0n) is 9.63. The molecule has 0 saturated heterocycles. The molecule has 17 heavy (non-hydrogen) atoms. The fraction of sp³-hybridized carbons (Fsp3) is 0.417. The van der Waals surface area contributed by atoms with E-state index in [0.717, 1.165) is 25.5 Å². The predicted octanol–water partition coefficient (Wildman–Crippen LogP) is 1.72. The number of benzene rings is 1. The van der Waals surface area contributed by atoms with Gasteiger partial charge in [-0.05, 0) is 25.0 Å². The van der Waals surface area contributed by atoms with Crippen LogP contribution in [0.5, 0.6) is 0 Å². The fourth-order valence-electron chi connectivity index (χ4n) is 1.42. The largest absolute Gasteiger partial charge is 0.303 e. The molecule has 0 atom stereocenters. The molecule has 1 aromatic carbocycles. The Bertz CT molecular complexity index is 428. The fourth-order valence-corrected chi connectivity index (χ4v) is 2.51. The van der Waals surface area contributed by atoms with Gasteiger partial charge in [0, 0.05) is 13.0 Å². The molecule has 0 aliphatic heterocycles. The number of rotatable bonds is 8. The third kappa shape index (κ3) is 5.10. The highest BCUT2D eigenvalue weighted by atomic mass is 32.2. The number of sulfonamides is 1. The average Bonchev–Trinajstić information content (AvgIpc) is 2.35. The molecule has 0 aliphatic rings. The zero-order chi connectivity index (χ0) is 12.6. The first kappa shape index (κ1) is 13.9. The predicted molar refractivity (Wildman–Crippen MR) is 66.2 cm³/mol. The lowest BCUT2D eigenvalue weighted by atomic mass is 10.2. The molecule has 0 aliphatic carbocycles. The van der Waals surface area contributed by atoms with Crippen LogP contribution in [-0.2, 0) is 14.8 Å². The number of nitrogens with one attached hydrogen (secondary N) is 1. The van der Waals surface area contributed by atoms with Crippen LogP contribution in [0.25, 0.3) is 0 Å². The Morgan fingerprint density at radius 2 is 1.76 bits per heavy atom. The van der Waals surface area contributed by atoms with Gasteiger partial charge >= 0.3 is 0 Å². The molecule has 0 aromatic heterocycles. The van der Waals surface area contributed by atoms with Crippen molar-refractivity contribution in [3.63, 3.8) is 0 Å². The molecule has 1 N–H and O–H groups in total. The van der Waals surface area contributed by atoms with Crippen LogP contribution >= 0.6 is 0 Å². The van der Waals surface area contributed by atoms with Gasteiger partial charge in [-0.1, -0.05) is 24.6 Å². The second-order valence-corrected chi connectivity index (χ2v) is 5.49. The Kier molecular flexibility index (Phi) is 5.86. The summed E-state index contributed by atoms with van der Waals surface area (Å²) in [5.74, 6) is 0. The van der Waals surface area contributed by atoms with Crippen molar-refractivity contribution in [1.82, 2.24) is 4.72 Å². The first-order valence-electron chi connectivity index (χ1n) is 5.65. The van der Waals surface area contributed by atoms with Gasteiger partial charge in [0.1, 0.15) is 6.29 Å². The summed E-state index contributed by atoms with van der Waals surface area (Å²) >= 11 is 0. The summed E-state index contributed by atoms with van der Waals surface area (Å²) in [5, 5.41) is 0. The van der Waals surface area contributed by atoms with Gasteiger partial charge in [0.25, 0.3) is 0 Å². The molecule has 0 radical (unpaired) electrons. The number of carbonyl (C=O) groups is 1. The summed E-state index contributed by atoms with van der Waals surface area (Å²) in [6.07, 6.45) is 3.85. The van der Waals surface area contributed by atoms with E-state index in [1.54, 1.807) is 30.3 Å². The summed E-state index contributed by atoms with van der Waals surface area (Å²) in [7, 11) is -3.37. The van der Waals surface area contributed by atoms with Gasteiger partial charge in [0.05, 0.1) is 4.90 Å². The molecule has 0 spiro atoms. The zero-order valence-corrected chi connectivity index (χ0v) is 10.4. The van der Waals surface area contributed by atoms with Crippen LogP contribution in [0.15, 0.2) is 35.2 Å². The van der Waals surface area contributed by atoms with Crippen LogP contribution in [0, 0.1) is 0 Å². The highest BCUT2D eigenvalue weighted by molar-refractivity contribution is 7.89. The number of unbranched alkanes of at least 4 members (excludes halogenated alkanes) is 3. The number of hydrogen-bond donors (Lipinski definition) is 1. The topological polar surface area (TPSA) is 63.2 Å². The minimum atomic E-state index is -3.37. The van der Waals surface area contributed by atoms with E-state index < -0.39 is 10.0 Å². The monoisotopic (exact) mass is 255 g/mol. The Hall–Kier alpha value is -1.20. The molecule has 0 amide bonds. The van der Waals surface area contributed by atoms with Crippen LogP contribution < -0.4 is 4.72 Å². The van der Waals surface area contributed by atoms with Gasteiger partial charge < -0.3 is 4.79 Å². The van der Waals surface area contributed by atoms with Crippen LogP contribution in [0.1, 0.15) is 25.7 Å². The second kappa shape index (κ2) is 7.19. The Morgan fingerprint density at radius 1 is 1.06 bits per heavy atom. The van der Waals surface area contributed by atoms with Gasteiger partial charge in [-0.3, -0.25) is 0 Å². The molecule has 0 unspecified atom stereocenters. The maximum absolute atomic E-state index is 11.8. The Labute approximate surface area is 102 Å². The maximum Gasteiger partial charge on any atom is 0.240 e. The molecule has 5 heteroatoms. The molecular weight excluding hydrogens is 238 g/mol. The summed E-state index contributed by atoms with van der Waals surface area (Å²) in [4.78, 5) is 10.4. The minimum Gasteiger partial charge on any atom is -0.303 e. The molecule has 0 bridgehead atoms. The summed E-state index contributed by atoms with van der Waals surface area (Å²) in [5.41, 5.74) is 0. The lowest BCUT2D eigenvalue weighted by Gasteiger charge is -2.05. The molecule has 1 aromatic rings. The van der Waals surface area contributed by atoms with E-state index in [-0.39, 0.29) is 4.90 Å². The summed E-state index contributed by atoms with van der Waals surface area (Å²) in [6.45, 7) is 0.413. The highest BCUT2D eigenvalue weighted by Crippen LogP contribution is 2.07. The third-order valence-electron chi connectivity index (χ3n) is 2.34. The molecule has 0 saturated carbocycles. The van der Waals surface area contributed by atoms with Crippen molar-refractivity contribution in [2.75, 3.05) is 6.54 Å². The third-order valence-corrected chi connectivity index (χ3v) is 3.82. The standard InChI is InChI=1S/C12H17NO3S/c14-11-7-2-1-6-10-13-17(15,16)12-8-4-3-5-9-12/h3-5,8-9,11,13H,1-2,6-7,10H2. The molecular formula is C12H17NO3S. The van der Waals surface area contributed by atoms with Crippen molar-refractivity contribution in [2.45, 2.75) is 30.6 Å². The average molecular weight is 255 g/mol. The van der Waals surface area contributed by atoms with Crippen molar-refractivity contribution < 1.29 is 13.2 Å². The lowest BCUT2D eigenvalue weighted by Crippen LogP contribution is -2.24. The van der Waals surface area contributed by atoms with Gasteiger partial charge in [0.2, 0.25) is 10.0 Å². The van der Waals surface area contributed by atoms with Crippen molar-refractivity contribution in [3.05, 3.63) is 30.3 Å². The minimum absolute atomic E-state index is 0.285. The smallest absolute Gasteiger partial charge is 0.240 e. The highest BCUT2D eigenvalue weighted by Gasteiger charge is 2.11. The van der Waals surface area contributed by atoms with E-state index in [0.29, 0.717) is 13.0 Å². The van der Waals surface area contributed by atoms with E-state index in [1.165, 1.54) is 0 Å². The second-order valence-electron chi connectivity index (χ2n) is 3.73. The van der Waals surface area contributed by atoms with Crippen molar-refractivity contribution >= 4 is 16.3 Å². The van der Waals surface area contributed by atoms with Crippen LogP contribution in [0.4, 0.5) is 0 Å². The van der Waals surface area contributed by atoms with Crippen LogP contribution in [0.3, 0.4) is 0 Å². The molecule has 94 valence electrons. The van der Waals surface area contributed by atoms with Gasteiger partial charge in [-0.2, -0.15) is 0 Å². The Morgan fingerprint density at radius 3 is 2.41 bits per heavy atom. The van der Waals surface area contributed by atoms with Crippen LogP contribution in [-0.4, -0.2) is 21.2 Å². The quantitative estimate of drug-likeness (QED) is 0.568. The maximum atomic E-state index is 11.8.